The Balaban J connectivity index is 1.96. The van der Waals surface area contributed by atoms with Crippen molar-refractivity contribution in [3.63, 3.8) is 0 Å². The van der Waals surface area contributed by atoms with E-state index in [-0.39, 0.29) is 5.91 Å². The van der Waals surface area contributed by atoms with Gasteiger partial charge in [-0.25, -0.2) is 0 Å². The number of nitrogens with zero attached hydrogens (tertiary/aromatic N) is 1. The molecule has 1 fully saturated rings. The fourth-order valence-corrected chi connectivity index (χ4v) is 4.25. The number of hydrogen-bond donors (Lipinski definition) is 1. The van der Waals surface area contributed by atoms with Crippen molar-refractivity contribution in [2.75, 3.05) is 6.54 Å². The van der Waals surface area contributed by atoms with Crippen molar-refractivity contribution in [3.05, 3.63) is 11.6 Å². The number of rotatable bonds is 3. The molecule has 0 aromatic heterocycles. The highest BCUT2D eigenvalue weighted by Gasteiger charge is 2.46. The lowest BCUT2D eigenvalue weighted by molar-refractivity contribution is -0.118. The zero-order chi connectivity index (χ0) is 15.7. The molecule has 3 heteroatoms. The Morgan fingerprint density at radius 1 is 1.33 bits per heavy atom. The van der Waals surface area contributed by atoms with Gasteiger partial charge in [0.15, 0.2) is 0 Å². The maximum absolute atomic E-state index is 12.1. The number of aliphatic imine (C=N–C) groups is 1. The lowest BCUT2D eigenvalue weighted by Gasteiger charge is -2.52. The number of amides is 1. The van der Waals surface area contributed by atoms with Crippen LogP contribution in [0.2, 0.25) is 0 Å². The summed E-state index contributed by atoms with van der Waals surface area (Å²) < 4.78 is 0. The molecule has 1 heterocycles. The zero-order valence-corrected chi connectivity index (χ0v) is 14.2. The normalized spacial score (nSPS) is 29.6. The average Bonchev–Trinajstić information content (AvgIpc) is 2.91. The molecule has 21 heavy (non-hydrogen) atoms. The zero-order valence-electron chi connectivity index (χ0n) is 14.2. The lowest BCUT2D eigenvalue weighted by atomic mass is 9.54. The molecule has 1 amide bonds. The Kier molecular flexibility index (Phi) is 4.60. The van der Waals surface area contributed by atoms with E-state index in [0.29, 0.717) is 29.3 Å². The molecule has 118 valence electrons. The summed E-state index contributed by atoms with van der Waals surface area (Å²) in [5.74, 6) is 0.730. The minimum atomic E-state index is 0.0501. The van der Waals surface area contributed by atoms with E-state index < -0.39 is 0 Å². The fourth-order valence-electron chi connectivity index (χ4n) is 4.25. The van der Waals surface area contributed by atoms with Gasteiger partial charge in [0.05, 0.1) is 12.1 Å². The van der Waals surface area contributed by atoms with Crippen molar-refractivity contribution < 1.29 is 4.79 Å². The first-order valence-corrected chi connectivity index (χ1v) is 8.27. The molecule has 0 unspecified atom stereocenters. The second-order valence-electron chi connectivity index (χ2n) is 7.96. The molecule has 0 saturated heterocycles. The molecular formula is C18H30N2O. The van der Waals surface area contributed by atoms with Gasteiger partial charge < -0.3 is 5.32 Å². The van der Waals surface area contributed by atoms with E-state index in [1.54, 1.807) is 6.21 Å². The van der Waals surface area contributed by atoms with Gasteiger partial charge >= 0.3 is 0 Å². The molecule has 1 saturated carbocycles. The van der Waals surface area contributed by atoms with Crippen LogP contribution in [0.3, 0.4) is 0 Å². The molecule has 2 aliphatic rings. The molecule has 0 aromatic carbocycles. The second kappa shape index (κ2) is 5.94. The van der Waals surface area contributed by atoms with E-state index >= 15 is 0 Å². The third kappa shape index (κ3) is 3.22. The topological polar surface area (TPSA) is 41.5 Å². The van der Waals surface area contributed by atoms with Gasteiger partial charge in [0.25, 0.3) is 5.91 Å². The van der Waals surface area contributed by atoms with Crippen molar-refractivity contribution in [3.8, 4) is 0 Å². The Bertz CT molecular complexity index is 446. The van der Waals surface area contributed by atoms with Gasteiger partial charge in [-0.2, -0.15) is 0 Å². The van der Waals surface area contributed by atoms with E-state index in [2.05, 4.69) is 44.9 Å². The molecular weight excluding hydrogens is 260 g/mol. The molecule has 0 radical (unpaired) electrons. The third-order valence-corrected chi connectivity index (χ3v) is 5.72. The average molecular weight is 290 g/mol. The quantitative estimate of drug-likeness (QED) is 0.845. The van der Waals surface area contributed by atoms with Crippen LogP contribution in [-0.4, -0.2) is 24.7 Å². The SMILES string of the molecule is CC(C)C1(C(C)(C)C)CCC(NC(=O)C2=CCN=C2)CC1. The maximum Gasteiger partial charge on any atom is 0.252 e. The summed E-state index contributed by atoms with van der Waals surface area (Å²) in [7, 11) is 0. The molecule has 1 aliphatic heterocycles. The van der Waals surface area contributed by atoms with Crippen molar-refractivity contribution in [1.29, 1.82) is 0 Å². The van der Waals surface area contributed by atoms with Gasteiger partial charge in [0, 0.05) is 12.3 Å². The van der Waals surface area contributed by atoms with Crippen LogP contribution in [0, 0.1) is 16.7 Å². The molecule has 1 N–H and O–H groups in total. The molecule has 0 atom stereocenters. The van der Waals surface area contributed by atoms with E-state index in [9.17, 15) is 4.79 Å². The Hall–Kier alpha value is -1.12. The van der Waals surface area contributed by atoms with Gasteiger partial charge in [-0.3, -0.25) is 9.79 Å². The van der Waals surface area contributed by atoms with Crippen LogP contribution >= 0.6 is 0 Å². The largest absolute Gasteiger partial charge is 0.349 e. The van der Waals surface area contributed by atoms with Crippen LogP contribution in [-0.2, 0) is 4.79 Å². The first kappa shape index (κ1) is 16.3. The summed E-state index contributed by atoms with van der Waals surface area (Å²) in [5.41, 5.74) is 1.44. The number of carbonyl (C=O) groups is 1. The van der Waals surface area contributed by atoms with Crippen LogP contribution in [0.1, 0.15) is 60.3 Å². The van der Waals surface area contributed by atoms with Gasteiger partial charge in [0.2, 0.25) is 0 Å². The molecule has 0 bridgehead atoms. The van der Waals surface area contributed by atoms with Crippen molar-refractivity contribution in [2.45, 2.75) is 66.3 Å². The molecule has 3 nitrogen and oxygen atoms in total. The molecule has 0 spiro atoms. The van der Waals surface area contributed by atoms with E-state index in [1.807, 2.05) is 6.08 Å². The van der Waals surface area contributed by atoms with Gasteiger partial charge in [-0.05, 0) is 48.5 Å². The Morgan fingerprint density at radius 2 is 1.95 bits per heavy atom. The summed E-state index contributed by atoms with van der Waals surface area (Å²) in [6.45, 7) is 12.4. The van der Waals surface area contributed by atoms with Crippen LogP contribution in [0.15, 0.2) is 16.6 Å². The maximum atomic E-state index is 12.1. The summed E-state index contributed by atoms with van der Waals surface area (Å²) in [6, 6.07) is 0.321. The van der Waals surface area contributed by atoms with E-state index in [0.717, 1.165) is 18.4 Å². The monoisotopic (exact) mass is 290 g/mol. The molecule has 1 aliphatic carbocycles. The Morgan fingerprint density at radius 3 is 2.38 bits per heavy atom. The van der Waals surface area contributed by atoms with Crippen LogP contribution in [0.4, 0.5) is 0 Å². The summed E-state index contributed by atoms with van der Waals surface area (Å²) in [4.78, 5) is 16.2. The standard InChI is InChI=1S/C18H30N2O/c1-13(2)18(17(3,4)5)9-6-15(7-10-18)20-16(21)14-8-11-19-12-14/h8,12-13,15H,6-7,9-11H2,1-5H3,(H,20,21). The van der Waals surface area contributed by atoms with Gasteiger partial charge in [-0.15, -0.1) is 0 Å². The van der Waals surface area contributed by atoms with Crippen LogP contribution in [0.25, 0.3) is 0 Å². The number of nitrogens with one attached hydrogen (secondary N) is 1. The van der Waals surface area contributed by atoms with Crippen molar-refractivity contribution in [1.82, 2.24) is 5.32 Å². The first-order valence-electron chi connectivity index (χ1n) is 8.27. The highest BCUT2D eigenvalue weighted by Crippen LogP contribution is 2.54. The van der Waals surface area contributed by atoms with Crippen LogP contribution in [0.5, 0.6) is 0 Å². The number of hydrogen-bond acceptors (Lipinski definition) is 2. The minimum Gasteiger partial charge on any atom is -0.349 e. The highest BCUT2D eigenvalue weighted by molar-refractivity contribution is 6.13. The van der Waals surface area contributed by atoms with Crippen LogP contribution < -0.4 is 5.32 Å². The van der Waals surface area contributed by atoms with Crippen molar-refractivity contribution >= 4 is 12.1 Å². The summed E-state index contributed by atoms with van der Waals surface area (Å²) in [5, 5.41) is 3.19. The van der Waals surface area contributed by atoms with E-state index in [4.69, 9.17) is 0 Å². The fraction of sp³-hybridized carbons (Fsp3) is 0.778. The second-order valence-corrected chi connectivity index (χ2v) is 7.96. The predicted octanol–water partition coefficient (Wildman–Crippen LogP) is 3.74. The minimum absolute atomic E-state index is 0.0501. The summed E-state index contributed by atoms with van der Waals surface area (Å²) in [6.07, 6.45) is 8.16. The smallest absolute Gasteiger partial charge is 0.252 e. The van der Waals surface area contributed by atoms with Gasteiger partial charge in [0.1, 0.15) is 0 Å². The van der Waals surface area contributed by atoms with Gasteiger partial charge in [-0.1, -0.05) is 34.6 Å². The number of carbonyl (C=O) groups excluding carboxylic acids is 1. The highest BCUT2D eigenvalue weighted by atomic mass is 16.1. The van der Waals surface area contributed by atoms with Crippen molar-refractivity contribution in [2.24, 2.45) is 21.7 Å². The summed E-state index contributed by atoms with van der Waals surface area (Å²) >= 11 is 0. The van der Waals surface area contributed by atoms with E-state index in [1.165, 1.54) is 12.8 Å². The molecule has 0 aromatic rings. The predicted molar refractivity (Wildman–Crippen MR) is 88.6 cm³/mol. The first-order chi connectivity index (χ1) is 9.76. The Labute approximate surface area is 129 Å². The molecule has 2 rings (SSSR count). The lowest BCUT2D eigenvalue weighted by Crippen LogP contribution is -2.48. The third-order valence-electron chi connectivity index (χ3n) is 5.72.